The van der Waals surface area contributed by atoms with Gasteiger partial charge in [-0.2, -0.15) is 0 Å². The minimum atomic E-state index is 0.709. The summed E-state index contributed by atoms with van der Waals surface area (Å²) in [4.78, 5) is 0. The molecular formula is C15H12ClNO. The van der Waals surface area contributed by atoms with Gasteiger partial charge in [-0.15, -0.1) is 0 Å². The molecule has 3 aromatic rings. The van der Waals surface area contributed by atoms with Gasteiger partial charge in [-0.1, -0.05) is 17.7 Å². The van der Waals surface area contributed by atoms with Gasteiger partial charge in [0, 0.05) is 23.7 Å². The van der Waals surface area contributed by atoms with Gasteiger partial charge in [0.05, 0.1) is 5.52 Å². The molecular weight excluding hydrogens is 246 g/mol. The molecule has 1 heterocycles. The van der Waals surface area contributed by atoms with Crippen molar-refractivity contribution < 1.29 is 4.74 Å². The zero-order valence-electron chi connectivity index (χ0n) is 9.93. The molecule has 3 heteroatoms. The monoisotopic (exact) mass is 257 g/mol. The van der Waals surface area contributed by atoms with Crippen molar-refractivity contribution in [2.24, 2.45) is 7.05 Å². The molecule has 0 aliphatic rings. The number of hydrogen-bond acceptors (Lipinski definition) is 1. The van der Waals surface area contributed by atoms with Crippen molar-refractivity contribution in [2.75, 3.05) is 0 Å². The number of benzene rings is 2. The van der Waals surface area contributed by atoms with Crippen LogP contribution >= 0.6 is 11.6 Å². The van der Waals surface area contributed by atoms with Crippen molar-refractivity contribution in [1.82, 2.24) is 4.57 Å². The summed E-state index contributed by atoms with van der Waals surface area (Å²) < 4.78 is 7.96. The molecule has 0 atom stereocenters. The van der Waals surface area contributed by atoms with E-state index in [0.29, 0.717) is 5.02 Å². The highest BCUT2D eigenvalue weighted by atomic mass is 35.5. The van der Waals surface area contributed by atoms with E-state index in [1.807, 2.05) is 49.6 Å². The Labute approximate surface area is 110 Å². The molecule has 18 heavy (non-hydrogen) atoms. The first kappa shape index (κ1) is 11.2. The van der Waals surface area contributed by atoms with E-state index in [4.69, 9.17) is 16.3 Å². The minimum Gasteiger partial charge on any atom is -0.457 e. The lowest BCUT2D eigenvalue weighted by Gasteiger charge is -2.07. The molecule has 0 bridgehead atoms. The Kier molecular flexibility index (Phi) is 2.73. The summed E-state index contributed by atoms with van der Waals surface area (Å²) in [5, 5.41) is 1.82. The Balaban J connectivity index is 2.02. The molecule has 90 valence electrons. The average Bonchev–Trinajstić information content (AvgIpc) is 2.76. The van der Waals surface area contributed by atoms with Gasteiger partial charge in [0.2, 0.25) is 0 Å². The Morgan fingerprint density at radius 1 is 1.00 bits per heavy atom. The molecule has 0 unspecified atom stereocenters. The van der Waals surface area contributed by atoms with E-state index in [1.54, 1.807) is 0 Å². The Hall–Kier alpha value is -1.93. The number of ether oxygens (including phenoxy) is 1. The van der Waals surface area contributed by atoms with E-state index >= 15 is 0 Å². The van der Waals surface area contributed by atoms with Crippen LogP contribution in [-0.4, -0.2) is 4.57 Å². The normalized spacial score (nSPS) is 10.8. The quantitative estimate of drug-likeness (QED) is 0.653. The van der Waals surface area contributed by atoms with E-state index in [9.17, 15) is 0 Å². The van der Waals surface area contributed by atoms with Gasteiger partial charge >= 0.3 is 0 Å². The van der Waals surface area contributed by atoms with Crippen LogP contribution in [0, 0.1) is 0 Å². The fourth-order valence-electron chi connectivity index (χ4n) is 1.99. The van der Waals surface area contributed by atoms with Gasteiger partial charge in [-0.25, -0.2) is 0 Å². The molecule has 0 amide bonds. The van der Waals surface area contributed by atoms with Crippen LogP contribution in [-0.2, 0) is 7.05 Å². The van der Waals surface area contributed by atoms with Gasteiger partial charge in [0.25, 0.3) is 0 Å². The summed E-state index contributed by atoms with van der Waals surface area (Å²) in [6, 6.07) is 15.5. The first-order valence-electron chi connectivity index (χ1n) is 5.71. The second kappa shape index (κ2) is 4.39. The summed E-state index contributed by atoms with van der Waals surface area (Å²) in [5.74, 6) is 1.64. The van der Waals surface area contributed by atoms with Gasteiger partial charge in [-0.3, -0.25) is 0 Å². The fourth-order valence-corrected chi connectivity index (χ4v) is 2.12. The molecule has 0 aliphatic carbocycles. The summed E-state index contributed by atoms with van der Waals surface area (Å²) in [6.07, 6.45) is 2.03. The largest absolute Gasteiger partial charge is 0.457 e. The first-order valence-corrected chi connectivity index (χ1v) is 6.09. The predicted molar refractivity (Wildman–Crippen MR) is 74.4 cm³/mol. The van der Waals surface area contributed by atoms with Crippen LogP contribution in [0.2, 0.25) is 5.02 Å². The van der Waals surface area contributed by atoms with Crippen molar-refractivity contribution in [2.45, 2.75) is 0 Å². The topological polar surface area (TPSA) is 14.2 Å². The van der Waals surface area contributed by atoms with Gasteiger partial charge in [-0.05, 0) is 42.5 Å². The van der Waals surface area contributed by atoms with Crippen LogP contribution in [0.5, 0.6) is 11.5 Å². The summed E-state index contributed by atoms with van der Waals surface area (Å²) >= 11 is 5.85. The molecule has 3 rings (SSSR count). The number of nitrogens with zero attached hydrogens (tertiary/aromatic N) is 1. The lowest BCUT2D eigenvalue weighted by Crippen LogP contribution is -1.86. The highest BCUT2D eigenvalue weighted by Crippen LogP contribution is 2.30. The zero-order valence-corrected chi connectivity index (χ0v) is 10.7. The smallest absolute Gasteiger partial charge is 0.136 e. The molecule has 0 radical (unpaired) electrons. The van der Waals surface area contributed by atoms with Crippen molar-refractivity contribution in [3.63, 3.8) is 0 Å². The van der Waals surface area contributed by atoms with Crippen molar-refractivity contribution in [1.29, 1.82) is 0 Å². The van der Waals surface area contributed by atoms with Crippen molar-refractivity contribution >= 4 is 22.5 Å². The van der Waals surface area contributed by atoms with Crippen molar-refractivity contribution in [3.05, 3.63) is 59.8 Å². The van der Waals surface area contributed by atoms with Crippen LogP contribution in [0.25, 0.3) is 10.9 Å². The Morgan fingerprint density at radius 2 is 1.78 bits per heavy atom. The van der Waals surface area contributed by atoms with Gasteiger partial charge in [0.15, 0.2) is 0 Å². The SMILES string of the molecule is Cn1ccc2c(Oc3ccc(Cl)cc3)cccc21. The molecule has 2 nitrogen and oxygen atoms in total. The van der Waals surface area contributed by atoms with Crippen molar-refractivity contribution in [3.8, 4) is 11.5 Å². The van der Waals surface area contributed by atoms with Gasteiger partial charge in [0.1, 0.15) is 11.5 Å². The maximum absolute atomic E-state index is 5.89. The first-order chi connectivity index (χ1) is 8.74. The van der Waals surface area contributed by atoms with E-state index < -0.39 is 0 Å². The second-order valence-corrected chi connectivity index (χ2v) is 4.61. The lowest BCUT2D eigenvalue weighted by atomic mass is 10.2. The zero-order chi connectivity index (χ0) is 12.5. The molecule has 0 saturated heterocycles. The number of aromatic nitrogens is 1. The fraction of sp³-hybridized carbons (Fsp3) is 0.0667. The summed E-state index contributed by atoms with van der Waals surface area (Å²) in [5.41, 5.74) is 1.15. The van der Waals surface area contributed by atoms with E-state index in [0.717, 1.165) is 22.4 Å². The van der Waals surface area contributed by atoms with Gasteiger partial charge < -0.3 is 9.30 Å². The average molecular weight is 258 g/mol. The minimum absolute atomic E-state index is 0.709. The number of halogens is 1. The number of hydrogen-bond donors (Lipinski definition) is 0. The van der Waals surface area contributed by atoms with Crippen LogP contribution < -0.4 is 4.74 Å². The van der Waals surface area contributed by atoms with Crippen LogP contribution in [0.4, 0.5) is 0 Å². The second-order valence-electron chi connectivity index (χ2n) is 4.17. The lowest BCUT2D eigenvalue weighted by molar-refractivity contribution is 0.488. The van der Waals surface area contributed by atoms with Crippen LogP contribution in [0.1, 0.15) is 0 Å². The highest BCUT2D eigenvalue weighted by molar-refractivity contribution is 6.30. The Bertz CT molecular complexity index is 685. The molecule has 0 spiro atoms. The summed E-state index contributed by atoms with van der Waals surface area (Å²) in [6.45, 7) is 0. The number of fused-ring (bicyclic) bond motifs is 1. The van der Waals surface area contributed by atoms with E-state index in [2.05, 4.69) is 16.7 Å². The molecule has 0 N–H and O–H groups in total. The van der Waals surface area contributed by atoms with E-state index in [-0.39, 0.29) is 0 Å². The molecule has 0 aliphatic heterocycles. The molecule has 1 aromatic heterocycles. The third-order valence-corrected chi connectivity index (χ3v) is 3.18. The summed E-state index contributed by atoms with van der Waals surface area (Å²) in [7, 11) is 2.02. The van der Waals surface area contributed by atoms with E-state index in [1.165, 1.54) is 0 Å². The number of aryl methyl sites for hydroxylation is 1. The third kappa shape index (κ3) is 1.95. The predicted octanol–water partition coefficient (Wildman–Crippen LogP) is 4.62. The standard InChI is InChI=1S/C15H12ClNO/c1-17-10-9-13-14(17)3-2-4-15(13)18-12-7-5-11(16)6-8-12/h2-10H,1H3. The highest BCUT2D eigenvalue weighted by Gasteiger charge is 2.05. The molecule has 0 saturated carbocycles. The third-order valence-electron chi connectivity index (χ3n) is 2.93. The van der Waals surface area contributed by atoms with Crippen LogP contribution in [0.15, 0.2) is 54.7 Å². The molecule has 0 fully saturated rings. The maximum Gasteiger partial charge on any atom is 0.136 e. The van der Waals surface area contributed by atoms with Crippen LogP contribution in [0.3, 0.4) is 0 Å². The molecule has 2 aromatic carbocycles. The number of rotatable bonds is 2. The Morgan fingerprint density at radius 3 is 2.56 bits per heavy atom. The maximum atomic E-state index is 5.89.